The zero-order valence-corrected chi connectivity index (χ0v) is 13.0. The Labute approximate surface area is 124 Å². The minimum atomic E-state index is -0.101. The summed E-state index contributed by atoms with van der Waals surface area (Å²) in [6, 6.07) is 5.96. The Morgan fingerprint density at radius 1 is 1.40 bits per heavy atom. The van der Waals surface area contributed by atoms with Crippen LogP contribution in [0, 0.1) is 0 Å². The molecule has 0 aliphatic carbocycles. The minimum absolute atomic E-state index is 0.101. The van der Waals surface area contributed by atoms with Gasteiger partial charge in [-0.15, -0.1) is 0 Å². The Kier molecular flexibility index (Phi) is 5.02. The highest BCUT2D eigenvalue weighted by Crippen LogP contribution is 2.30. The number of methoxy groups -OCH3 is 1. The number of rotatable bonds is 6. The number of halogens is 1. The second-order valence-electron chi connectivity index (χ2n) is 5.28. The van der Waals surface area contributed by atoms with Crippen LogP contribution < -0.4 is 5.73 Å². The van der Waals surface area contributed by atoms with E-state index in [1.807, 2.05) is 18.2 Å². The number of benzene rings is 1. The van der Waals surface area contributed by atoms with Crippen LogP contribution in [0.15, 0.2) is 18.2 Å². The van der Waals surface area contributed by atoms with Crippen LogP contribution in [-0.2, 0) is 4.74 Å². The second kappa shape index (κ2) is 6.57. The van der Waals surface area contributed by atoms with E-state index in [4.69, 9.17) is 22.1 Å². The third-order valence-corrected chi connectivity index (χ3v) is 3.70. The molecule has 20 heavy (non-hydrogen) atoms. The zero-order valence-electron chi connectivity index (χ0n) is 12.3. The molecule has 0 aliphatic heterocycles. The van der Waals surface area contributed by atoms with E-state index in [0.717, 1.165) is 41.3 Å². The highest BCUT2D eigenvalue weighted by molar-refractivity contribution is 6.35. The van der Waals surface area contributed by atoms with E-state index in [9.17, 15) is 0 Å². The molecule has 1 aromatic heterocycles. The van der Waals surface area contributed by atoms with Gasteiger partial charge in [0.1, 0.15) is 5.82 Å². The first kappa shape index (κ1) is 15.3. The minimum Gasteiger partial charge on any atom is -0.385 e. The molecule has 0 saturated carbocycles. The molecule has 5 heteroatoms. The van der Waals surface area contributed by atoms with Gasteiger partial charge in [-0.1, -0.05) is 17.7 Å². The van der Waals surface area contributed by atoms with Crippen molar-refractivity contribution in [2.24, 2.45) is 5.73 Å². The van der Waals surface area contributed by atoms with Crippen LogP contribution in [0.5, 0.6) is 0 Å². The topological polar surface area (TPSA) is 53.1 Å². The largest absolute Gasteiger partial charge is 0.385 e. The van der Waals surface area contributed by atoms with Crippen LogP contribution in [0.25, 0.3) is 11.0 Å². The SMILES string of the molecule is COCCCC(N)c1nc2cccc(Cl)c2n1C(C)C. The Balaban J connectivity index is 2.42. The molecular formula is C15H22ClN3O. The van der Waals surface area contributed by atoms with E-state index < -0.39 is 0 Å². The standard InChI is InChI=1S/C15H22ClN3O/c1-10(2)19-14-11(16)6-4-8-13(14)18-15(19)12(17)7-5-9-20-3/h4,6,8,10,12H,5,7,9,17H2,1-3H3. The lowest BCUT2D eigenvalue weighted by Gasteiger charge is -2.18. The fraction of sp³-hybridized carbons (Fsp3) is 0.533. The summed E-state index contributed by atoms with van der Waals surface area (Å²) in [5.41, 5.74) is 8.19. The van der Waals surface area contributed by atoms with Gasteiger partial charge in [0.25, 0.3) is 0 Å². The molecule has 0 bridgehead atoms. The van der Waals surface area contributed by atoms with Crippen molar-refractivity contribution in [1.29, 1.82) is 0 Å². The van der Waals surface area contributed by atoms with E-state index in [1.54, 1.807) is 7.11 Å². The van der Waals surface area contributed by atoms with Crippen LogP contribution in [0.2, 0.25) is 5.02 Å². The number of ether oxygens (including phenoxy) is 1. The lowest BCUT2D eigenvalue weighted by atomic mass is 10.1. The highest BCUT2D eigenvalue weighted by atomic mass is 35.5. The molecule has 1 aromatic carbocycles. The van der Waals surface area contributed by atoms with Gasteiger partial charge in [0.05, 0.1) is 22.1 Å². The van der Waals surface area contributed by atoms with Gasteiger partial charge in [-0.25, -0.2) is 4.98 Å². The molecule has 2 rings (SSSR count). The summed E-state index contributed by atoms with van der Waals surface area (Å²) >= 11 is 6.33. The smallest absolute Gasteiger partial charge is 0.127 e. The first-order chi connectivity index (χ1) is 9.56. The number of nitrogens with zero attached hydrogens (tertiary/aromatic N) is 2. The Hall–Kier alpha value is -1.10. The highest BCUT2D eigenvalue weighted by Gasteiger charge is 2.20. The van der Waals surface area contributed by atoms with Gasteiger partial charge >= 0.3 is 0 Å². The fourth-order valence-electron chi connectivity index (χ4n) is 2.49. The maximum absolute atomic E-state index is 6.33. The van der Waals surface area contributed by atoms with Crippen LogP contribution >= 0.6 is 11.6 Å². The van der Waals surface area contributed by atoms with Crippen molar-refractivity contribution >= 4 is 22.6 Å². The molecule has 2 aromatic rings. The number of nitrogens with two attached hydrogens (primary N) is 1. The van der Waals surface area contributed by atoms with E-state index in [1.165, 1.54) is 0 Å². The monoisotopic (exact) mass is 295 g/mol. The third kappa shape index (κ3) is 2.97. The van der Waals surface area contributed by atoms with Crippen molar-refractivity contribution in [2.45, 2.75) is 38.8 Å². The summed E-state index contributed by atoms with van der Waals surface area (Å²) in [7, 11) is 1.70. The predicted molar refractivity (Wildman–Crippen MR) is 83.2 cm³/mol. The molecule has 2 N–H and O–H groups in total. The van der Waals surface area contributed by atoms with Gasteiger partial charge < -0.3 is 15.0 Å². The summed E-state index contributed by atoms with van der Waals surface area (Å²) < 4.78 is 7.23. The fourth-order valence-corrected chi connectivity index (χ4v) is 2.75. The van der Waals surface area contributed by atoms with Gasteiger partial charge in [-0.05, 0) is 38.8 Å². The Morgan fingerprint density at radius 3 is 2.80 bits per heavy atom. The van der Waals surface area contributed by atoms with Crippen LogP contribution in [0.1, 0.15) is 44.6 Å². The van der Waals surface area contributed by atoms with E-state index in [0.29, 0.717) is 0 Å². The molecule has 0 radical (unpaired) electrons. The molecule has 1 atom stereocenters. The van der Waals surface area contributed by atoms with Crippen molar-refractivity contribution in [1.82, 2.24) is 9.55 Å². The molecule has 0 saturated heterocycles. The third-order valence-electron chi connectivity index (χ3n) is 3.40. The molecule has 110 valence electrons. The summed E-state index contributed by atoms with van der Waals surface area (Å²) in [6.45, 7) is 4.96. The molecule has 1 heterocycles. The lowest BCUT2D eigenvalue weighted by Crippen LogP contribution is -2.18. The molecular weight excluding hydrogens is 274 g/mol. The molecule has 0 amide bonds. The molecule has 0 aliphatic rings. The average molecular weight is 296 g/mol. The number of fused-ring (bicyclic) bond motifs is 1. The van der Waals surface area contributed by atoms with Crippen molar-refractivity contribution in [2.75, 3.05) is 13.7 Å². The Morgan fingerprint density at radius 2 is 2.15 bits per heavy atom. The summed E-state index contributed by atoms with van der Waals surface area (Å²) in [5, 5.41) is 0.721. The number of para-hydroxylation sites is 1. The van der Waals surface area contributed by atoms with E-state index >= 15 is 0 Å². The summed E-state index contributed by atoms with van der Waals surface area (Å²) in [5.74, 6) is 0.902. The van der Waals surface area contributed by atoms with E-state index in [-0.39, 0.29) is 12.1 Å². The quantitative estimate of drug-likeness (QED) is 0.827. The van der Waals surface area contributed by atoms with Gasteiger partial charge in [0, 0.05) is 19.8 Å². The maximum Gasteiger partial charge on any atom is 0.127 e. The van der Waals surface area contributed by atoms with Gasteiger partial charge in [0.2, 0.25) is 0 Å². The van der Waals surface area contributed by atoms with Crippen LogP contribution in [0.4, 0.5) is 0 Å². The predicted octanol–water partition coefficient (Wildman–Crippen LogP) is 3.70. The van der Waals surface area contributed by atoms with Crippen LogP contribution in [-0.4, -0.2) is 23.3 Å². The van der Waals surface area contributed by atoms with Crippen molar-refractivity contribution in [3.8, 4) is 0 Å². The average Bonchev–Trinajstić information content (AvgIpc) is 2.80. The summed E-state index contributed by atoms with van der Waals surface area (Å²) in [6.07, 6.45) is 1.77. The second-order valence-corrected chi connectivity index (χ2v) is 5.69. The number of aromatic nitrogens is 2. The summed E-state index contributed by atoms with van der Waals surface area (Å²) in [4.78, 5) is 4.69. The molecule has 4 nitrogen and oxygen atoms in total. The first-order valence-electron chi connectivity index (χ1n) is 6.97. The first-order valence-corrected chi connectivity index (χ1v) is 7.35. The molecule has 0 fully saturated rings. The van der Waals surface area contributed by atoms with E-state index in [2.05, 4.69) is 23.4 Å². The van der Waals surface area contributed by atoms with Crippen molar-refractivity contribution in [3.63, 3.8) is 0 Å². The van der Waals surface area contributed by atoms with Gasteiger partial charge in [-0.2, -0.15) is 0 Å². The number of hydrogen-bond donors (Lipinski definition) is 1. The molecule has 0 spiro atoms. The number of imidazole rings is 1. The zero-order chi connectivity index (χ0) is 14.7. The van der Waals surface area contributed by atoms with Gasteiger partial charge in [-0.3, -0.25) is 0 Å². The van der Waals surface area contributed by atoms with Gasteiger partial charge in [0.15, 0.2) is 0 Å². The normalized spacial score (nSPS) is 13.3. The van der Waals surface area contributed by atoms with Crippen molar-refractivity contribution < 1.29 is 4.74 Å². The lowest BCUT2D eigenvalue weighted by molar-refractivity contribution is 0.190. The Bertz CT molecular complexity index is 580. The van der Waals surface area contributed by atoms with Crippen LogP contribution in [0.3, 0.4) is 0 Å². The number of hydrogen-bond acceptors (Lipinski definition) is 3. The maximum atomic E-state index is 6.33. The molecule has 1 unspecified atom stereocenters. The van der Waals surface area contributed by atoms with Crippen molar-refractivity contribution in [3.05, 3.63) is 29.0 Å².